The van der Waals surface area contributed by atoms with Crippen molar-refractivity contribution in [2.75, 3.05) is 0 Å². The fourth-order valence-corrected chi connectivity index (χ4v) is 0.910. The maximum absolute atomic E-state index is 10.2. The molecule has 0 aromatic carbocycles. The van der Waals surface area contributed by atoms with Crippen LogP contribution in [0.15, 0.2) is 18.7 Å². The first kappa shape index (κ1) is 5.22. The largest absolute Gasteiger partial charge is 0.343 e. The average Bonchev–Trinajstić information content (AvgIpc) is 2.42. The number of carbonyl (C=O) groups excluding carboxylic acids is 1. The zero-order valence-electron chi connectivity index (χ0n) is 5.11. The van der Waals surface area contributed by atoms with Gasteiger partial charge < -0.3 is 4.98 Å². The van der Waals surface area contributed by atoms with E-state index in [4.69, 9.17) is 0 Å². The Hall–Kier alpha value is -1.58. The van der Waals surface area contributed by atoms with Crippen molar-refractivity contribution in [2.24, 2.45) is 0 Å². The summed E-state index contributed by atoms with van der Waals surface area (Å²) in [6, 6.07) is 0. The predicted molar refractivity (Wildman–Crippen MR) is 36.2 cm³/mol. The Labute approximate surface area is 56.5 Å². The van der Waals surface area contributed by atoms with Crippen molar-refractivity contribution in [2.45, 2.75) is 0 Å². The minimum absolute atomic E-state index is 0.732. The molecule has 0 spiro atoms. The molecule has 0 saturated heterocycles. The van der Waals surface area contributed by atoms with E-state index in [9.17, 15) is 4.79 Å². The highest BCUT2D eigenvalue weighted by molar-refractivity contribution is 5.77. The van der Waals surface area contributed by atoms with Gasteiger partial charge >= 0.3 is 0 Å². The molecule has 0 aliphatic carbocycles. The van der Waals surface area contributed by atoms with Crippen molar-refractivity contribution in [3.05, 3.63) is 18.7 Å². The second kappa shape index (κ2) is 1.70. The quantitative estimate of drug-likeness (QED) is 0.575. The Kier molecular flexibility index (Phi) is 0.887. The second-order valence-corrected chi connectivity index (χ2v) is 2.01. The lowest BCUT2D eigenvalue weighted by molar-refractivity contribution is 0.547. The third-order valence-corrected chi connectivity index (χ3v) is 1.37. The minimum Gasteiger partial charge on any atom is -0.343 e. The van der Waals surface area contributed by atoms with E-state index in [-0.39, 0.29) is 0 Å². The number of aromatic amines is 1. The molecule has 0 amide bonds. The van der Waals surface area contributed by atoms with Crippen LogP contribution >= 0.6 is 0 Å². The Bertz CT molecular complexity index is 331. The van der Waals surface area contributed by atoms with Gasteiger partial charge in [-0.15, -0.1) is 0 Å². The van der Waals surface area contributed by atoms with Crippen molar-refractivity contribution in [3.8, 4) is 0 Å². The van der Waals surface area contributed by atoms with Crippen LogP contribution < -0.4 is 0 Å². The van der Waals surface area contributed by atoms with Crippen LogP contribution in [0.5, 0.6) is 0 Å². The highest BCUT2D eigenvalue weighted by Crippen LogP contribution is 2.07. The van der Waals surface area contributed by atoms with E-state index >= 15 is 0 Å². The van der Waals surface area contributed by atoms with Crippen LogP contribution in [0.4, 0.5) is 0 Å². The Morgan fingerprint density at radius 3 is 3.20 bits per heavy atom. The number of aromatic nitrogens is 3. The molecule has 1 N–H and O–H groups in total. The third kappa shape index (κ3) is 0.556. The lowest BCUT2D eigenvalue weighted by Crippen LogP contribution is -1.86. The predicted octanol–water partition coefficient (Wildman–Crippen LogP) is 0.403. The van der Waals surface area contributed by atoms with Crippen LogP contribution in [0.2, 0.25) is 0 Å². The van der Waals surface area contributed by atoms with E-state index in [0.29, 0.717) is 0 Å². The van der Waals surface area contributed by atoms with E-state index < -0.39 is 0 Å². The molecule has 4 heteroatoms. The van der Waals surface area contributed by atoms with Gasteiger partial charge in [-0.05, 0) is 0 Å². The standard InChI is InChI=1S/C6H5N3O/c10-4-9-1-5-6(2-9)8-3-7-5/h1-4H,(H,7,8). The molecule has 0 atom stereocenters. The Morgan fingerprint density at radius 1 is 1.60 bits per heavy atom. The lowest BCUT2D eigenvalue weighted by atomic mass is 10.5. The Morgan fingerprint density at radius 2 is 2.50 bits per heavy atom. The maximum atomic E-state index is 10.2. The summed E-state index contributed by atoms with van der Waals surface area (Å²) < 4.78 is 1.42. The van der Waals surface area contributed by atoms with Crippen LogP contribution in [-0.4, -0.2) is 20.9 Å². The van der Waals surface area contributed by atoms with E-state index in [1.165, 1.54) is 4.57 Å². The van der Waals surface area contributed by atoms with Gasteiger partial charge in [0.15, 0.2) is 0 Å². The van der Waals surface area contributed by atoms with Crippen LogP contribution in [0, 0.1) is 0 Å². The maximum Gasteiger partial charge on any atom is 0.217 e. The zero-order valence-corrected chi connectivity index (χ0v) is 5.11. The third-order valence-electron chi connectivity index (χ3n) is 1.37. The van der Waals surface area contributed by atoms with Crippen molar-refractivity contribution in [1.82, 2.24) is 14.5 Å². The van der Waals surface area contributed by atoms with E-state index in [1.807, 2.05) is 0 Å². The second-order valence-electron chi connectivity index (χ2n) is 2.01. The molecule has 4 nitrogen and oxygen atoms in total. The Balaban J connectivity index is 2.78. The average molecular weight is 135 g/mol. The van der Waals surface area contributed by atoms with Gasteiger partial charge in [0.25, 0.3) is 0 Å². The van der Waals surface area contributed by atoms with Crippen LogP contribution in [-0.2, 0) is 4.79 Å². The first-order chi connectivity index (χ1) is 4.90. The van der Waals surface area contributed by atoms with E-state index in [2.05, 4.69) is 9.97 Å². The summed E-state index contributed by atoms with van der Waals surface area (Å²) >= 11 is 0. The lowest BCUT2D eigenvalue weighted by Gasteiger charge is -1.79. The van der Waals surface area contributed by atoms with Crippen LogP contribution in [0.25, 0.3) is 11.0 Å². The number of H-pyrrole nitrogens is 1. The molecular formula is C6H5N3O. The van der Waals surface area contributed by atoms with Gasteiger partial charge in [-0.1, -0.05) is 0 Å². The molecule has 10 heavy (non-hydrogen) atoms. The number of rotatable bonds is 1. The fourth-order valence-electron chi connectivity index (χ4n) is 0.910. The molecule has 2 aromatic rings. The summed E-state index contributed by atoms with van der Waals surface area (Å²) in [4.78, 5) is 17.0. The number of nitrogens with one attached hydrogen (secondary N) is 1. The minimum atomic E-state index is 0.732. The molecule has 0 fully saturated rings. The highest BCUT2D eigenvalue weighted by Gasteiger charge is 1.97. The van der Waals surface area contributed by atoms with Crippen molar-refractivity contribution in [1.29, 1.82) is 0 Å². The molecule has 0 aliphatic rings. The smallest absolute Gasteiger partial charge is 0.217 e. The van der Waals surface area contributed by atoms with Gasteiger partial charge in [0.2, 0.25) is 6.41 Å². The molecule has 0 radical (unpaired) electrons. The first-order valence-electron chi connectivity index (χ1n) is 2.86. The van der Waals surface area contributed by atoms with Gasteiger partial charge in [-0.25, -0.2) is 4.98 Å². The van der Waals surface area contributed by atoms with Gasteiger partial charge in [0.05, 0.1) is 11.8 Å². The summed E-state index contributed by atoms with van der Waals surface area (Å²) in [6.07, 6.45) is 5.68. The molecule has 0 unspecified atom stereocenters. The van der Waals surface area contributed by atoms with Gasteiger partial charge in [-0.3, -0.25) is 9.36 Å². The normalized spacial score (nSPS) is 10.4. The number of imidazole rings is 1. The molecular weight excluding hydrogens is 130 g/mol. The number of hydrogen-bond acceptors (Lipinski definition) is 2. The summed E-state index contributed by atoms with van der Waals surface area (Å²) in [7, 11) is 0. The number of carbonyl (C=O) groups is 1. The van der Waals surface area contributed by atoms with Gasteiger partial charge in [0.1, 0.15) is 5.52 Å². The summed E-state index contributed by atoms with van der Waals surface area (Å²) in [5.74, 6) is 0. The number of hydrogen-bond donors (Lipinski definition) is 1. The van der Waals surface area contributed by atoms with Crippen molar-refractivity contribution < 1.29 is 4.79 Å². The SMILES string of the molecule is O=Cn1cc2nc[nH]c2c1. The monoisotopic (exact) mass is 135 g/mol. The summed E-state index contributed by atoms with van der Waals surface area (Å²) in [6.45, 7) is 0. The van der Waals surface area contributed by atoms with Gasteiger partial charge in [0, 0.05) is 12.4 Å². The van der Waals surface area contributed by atoms with Gasteiger partial charge in [-0.2, -0.15) is 0 Å². The molecule has 0 saturated carbocycles. The molecule has 2 rings (SSSR count). The molecule has 2 heterocycles. The van der Waals surface area contributed by atoms with E-state index in [0.717, 1.165) is 17.4 Å². The molecule has 2 aromatic heterocycles. The van der Waals surface area contributed by atoms with Crippen LogP contribution in [0.1, 0.15) is 0 Å². The molecule has 0 bridgehead atoms. The molecule has 50 valence electrons. The van der Waals surface area contributed by atoms with Crippen molar-refractivity contribution >= 4 is 17.4 Å². The number of fused-ring (bicyclic) bond motifs is 1. The summed E-state index contributed by atoms with van der Waals surface area (Å²) in [5, 5.41) is 0. The van der Waals surface area contributed by atoms with E-state index in [1.54, 1.807) is 18.7 Å². The zero-order chi connectivity index (χ0) is 6.97. The van der Waals surface area contributed by atoms with Crippen LogP contribution in [0.3, 0.4) is 0 Å². The molecule has 0 aliphatic heterocycles. The number of nitrogens with zero attached hydrogens (tertiary/aromatic N) is 2. The topological polar surface area (TPSA) is 50.7 Å². The highest BCUT2D eigenvalue weighted by atomic mass is 16.1. The van der Waals surface area contributed by atoms with Crippen molar-refractivity contribution in [3.63, 3.8) is 0 Å². The first-order valence-corrected chi connectivity index (χ1v) is 2.86. The fraction of sp³-hybridized carbons (Fsp3) is 0. The summed E-state index contributed by atoms with van der Waals surface area (Å²) in [5.41, 5.74) is 1.69.